The van der Waals surface area contributed by atoms with Gasteiger partial charge in [0, 0.05) is 12.7 Å². The molecule has 1 aromatic carbocycles. The number of nitrogens with two attached hydrogens (primary N) is 1. The van der Waals surface area contributed by atoms with Crippen LogP contribution in [0.2, 0.25) is 0 Å². The minimum atomic E-state index is 0. The quantitative estimate of drug-likeness (QED) is 0.431. The number of benzene rings is 1. The molecule has 0 aliphatic rings. The summed E-state index contributed by atoms with van der Waals surface area (Å²) in [6.45, 7) is 3.37. The lowest BCUT2D eigenvalue weighted by Gasteiger charge is -2.03. The Morgan fingerprint density at radius 3 is 2.68 bits per heavy atom. The first-order chi connectivity index (χ1) is 10.2. The van der Waals surface area contributed by atoms with Crippen LogP contribution >= 0.6 is 24.0 Å². The lowest BCUT2D eigenvalue weighted by Crippen LogP contribution is -2.32. The Morgan fingerprint density at radius 2 is 2.05 bits per heavy atom. The van der Waals surface area contributed by atoms with Gasteiger partial charge in [0.15, 0.2) is 5.96 Å². The van der Waals surface area contributed by atoms with Crippen molar-refractivity contribution < 1.29 is 4.74 Å². The molecule has 0 aliphatic carbocycles. The SMILES string of the molecule is CCCNC(N)=NCc1ccn(-c2ccc(OC)cc2)n1.I. The topological polar surface area (TPSA) is 77.5 Å². The van der Waals surface area contributed by atoms with Crippen molar-refractivity contribution in [2.75, 3.05) is 13.7 Å². The number of methoxy groups -OCH3 is 1. The summed E-state index contributed by atoms with van der Waals surface area (Å²) in [4.78, 5) is 4.25. The van der Waals surface area contributed by atoms with Gasteiger partial charge in [-0.05, 0) is 36.8 Å². The average Bonchev–Trinajstić information content (AvgIpc) is 3.00. The highest BCUT2D eigenvalue weighted by Gasteiger charge is 2.01. The molecule has 1 heterocycles. The first-order valence-corrected chi connectivity index (χ1v) is 6.95. The Kier molecular flexibility index (Phi) is 7.72. The van der Waals surface area contributed by atoms with Crippen LogP contribution in [-0.4, -0.2) is 29.4 Å². The van der Waals surface area contributed by atoms with Gasteiger partial charge in [-0.2, -0.15) is 5.10 Å². The minimum Gasteiger partial charge on any atom is -0.497 e. The molecule has 120 valence electrons. The molecule has 0 spiro atoms. The highest BCUT2D eigenvalue weighted by Crippen LogP contribution is 2.14. The molecule has 0 fully saturated rings. The van der Waals surface area contributed by atoms with Gasteiger partial charge in [0.25, 0.3) is 0 Å². The maximum absolute atomic E-state index is 5.75. The van der Waals surface area contributed by atoms with Crippen LogP contribution in [0, 0.1) is 0 Å². The van der Waals surface area contributed by atoms with Crippen LogP contribution in [0.15, 0.2) is 41.5 Å². The third-order valence-electron chi connectivity index (χ3n) is 2.95. The summed E-state index contributed by atoms with van der Waals surface area (Å²) in [6.07, 6.45) is 2.92. The molecule has 3 N–H and O–H groups in total. The van der Waals surface area contributed by atoms with Crippen molar-refractivity contribution in [1.82, 2.24) is 15.1 Å². The number of rotatable bonds is 6. The van der Waals surface area contributed by atoms with Gasteiger partial charge in [0.1, 0.15) is 5.75 Å². The molecule has 0 aliphatic heterocycles. The maximum Gasteiger partial charge on any atom is 0.188 e. The number of nitrogens with zero attached hydrogens (tertiary/aromatic N) is 3. The zero-order valence-corrected chi connectivity index (χ0v) is 15.2. The van der Waals surface area contributed by atoms with Crippen LogP contribution in [0.25, 0.3) is 5.69 Å². The summed E-state index contributed by atoms with van der Waals surface area (Å²) in [5.41, 5.74) is 7.59. The molecule has 6 nitrogen and oxygen atoms in total. The predicted molar refractivity (Wildman–Crippen MR) is 99.2 cm³/mol. The molecule has 2 aromatic rings. The first-order valence-electron chi connectivity index (χ1n) is 6.95. The van der Waals surface area contributed by atoms with E-state index < -0.39 is 0 Å². The molecule has 1 aromatic heterocycles. The van der Waals surface area contributed by atoms with E-state index in [-0.39, 0.29) is 24.0 Å². The van der Waals surface area contributed by atoms with Gasteiger partial charge in [0.2, 0.25) is 0 Å². The monoisotopic (exact) mass is 415 g/mol. The summed E-state index contributed by atoms with van der Waals surface area (Å²) in [6, 6.07) is 9.65. The third-order valence-corrected chi connectivity index (χ3v) is 2.95. The summed E-state index contributed by atoms with van der Waals surface area (Å²) < 4.78 is 6.94. The average molecular weight is 415 g/mol. The number of hydrogen-bond donors (Lipinski definition) is 2. The molecular formula is C15H22IN5O. The normalized spacial score (nSPS) is 10.9. The standard InChI is InChI=1S/C15H21N5O.HI/c1-3-9-17-15(16)18-11-12-8-10-20(19-12)13-4-6-14(21-2)7-5-13;/h4-8,10H,3,9,11H2,1-2H3,(H3,16,17,18);1H. The summed E-state index contributed by atoms with van der Waals surface area (Å²) >= 11 is 0. The number of hydrogen-bond acceptors (Lipinski definition) is 3. The second-order valence-electron chi connectivity index (χ2n) is 4.58. The van der Waals surface area contributed by atoms with E-state index in [1.807, 2.05) is 36.5 Å². The summed E-state index contributed by atoms with van der Waals surface area (Å²) in [5.74, 6) is 1.28. The van der Waals surface area contributed by atoms with E-state index in [0.29, 0.717) is 12.5 Å². The van der Waals surface area contributed by atoms with Gasteiger partial charge >= 0.3 is 0 Å². The van der Waals surface area contributed by atoms with Crippen LogP contribution in [0.4, 0.5) is 0 Å². The van der Waals surface area contributed by atoms with Crippen molar-refractivity contribution in [3.8, 4) is 11.4 Å². The number of guanidine groups is 1. The lowest BCUT2D eigenvalue weighted by molar-refractivity contribution is 0.414. The van der Waals surface area contributed by atoms with Crippen LogP contribution in [-0.2, 0) is 6.54 Å². The zero-order valence-electron chi connectivity index (χ0n) is 12.8. The molecule has 0 saturated carbocycles. The molecule has 0 unspecified atom stereocenters. The Morgan fingerprint density at radius 1 is 1.32 bits per heavy atom. The Labute approximate surface area is 147 Å². The largest absolute Gasteiger partial charge is 0.497 e. The molecule has 2 rings (SSSR count). The predicted octanol–water partition coefficient (Wildman–Crippen LogP) is 2.31. The first kappa shape index (κ1) is 18.3. The summed E-state index contributed by atoms with van der Waals surface area (Å²) in [5, 5.41) is 7.51. The van der Waals surface area contributed by atoms with Crippen LogP contribution in [0.1, 0.15) is 19.0 Å². The van der Waals surface area contributed by atoms with Crippen molar-refractivity contribution in [3.05, 3.63) is 42.2 Å². The van der Waals surface area contributed by atoms with E-state index >= 15 is 0 Å². The molecule has 0 saturated heterocycles. The number of aromatic nitrogens is 2. The summed E-state index contributed by atoms with van der Waals surface area (Å²) in [7, 11) is 1.65. The highest BCUT2D eigenvalue weighted by molar-refractivity contribution is 14.0. The molecule has 22 heavy (non-hydrogen) atoms. The van der Waals surface area contributed by atoms with Crippen LogP contribution in [0.3, 0.4) is 0 Å². The van der Waals surface area contributed by atoms with Crippen molar-refractivity contribution in [2.24, 2.45) is 10.7 Å². The van der Waals surface area contributed by atoms with Gasteiger partial charge < -0.3 is 15.8 Å². The number of ether oxygens (including phenoxy) is 1. The number of aliphatic imine (C=N–C) groups is 1. The fourth-order valence-electron chi connectivity index (χ4n) is 1.80. The third kappa shape index (κ3) is 5.21. The molecule has 0 bridgehead atoms. The zero-order chi connectivity index (χ0) is 15.1. The molecule has 0 amide bonds. The van der Waals surface area contributed by atoms with Gasteiger partial charge in [-0.1, -0.05) is 6.92 Å². The van der Waals surface area contributed by atoms with Crippen molar-refractivity contribution in [3.63, 3.8) is 0 Å². The van der Waals surface area contributed by atoms with E-state index in [2.05, 4.69) is 22.3 Å². The van der Waals surface area contributed by atoms with E-state index in [0.717, 1.165) is 30.1 Å². The second-order valence-corrected chi connectivity index (χ2v) is 4.58. The lowest BCUT2D eigenvalue weighted by atomic mass is 10.3. The van der Waals surface area contributed by atoms with Crippen molar-refractivity contribution in [2.45, 2.75) is 19.9 Å². The van der Waals surface area contributed by atoms with E-state index in [1.165, 1.54) is 0 Å². The number of nitrogens with one attached hydrogen (secondary N) is 1. The van der Waals surface area contributed by atoms with E-state index in [9.17, 15) is 0 Å². The van der Waals surface area contributed by atoms with Gasteiger partial charge in [-0.15, -0.1) is 24.0 Å². The van der Waals surface area contributed by atoms with Gasteiger partial charge in [-0.3, -0.25) is 0 Å². The smallest absolute Gasteiger partial charge is 0.188 e. The molecule has 7 heteroatoms. The maximum atomic E-state index is 5.75. The Bertz CT molecular complexity index is 594. The van der Waals surface area contributed by atoms with Gasteiger partial charge in [0.05, 0.1) is 25.0 Å². The van der Waals surface area contributed by atoms with Crippen LogP contribution < -0.4 is 15.8 Å². The number of halogens is 1. The van der Waals surface area contributed by atoms with E-state index in [4.69, 9.17) is 10.5 Å². The van der Waals surface area contributed by atoms with Crippen molar-refractivity contribution >= 4 is 29.9 Å². The minimum absolute atomic E-state index is 0. The fraction of sp³-hybridized carbons (Fsp3) is 0.333. The Balaban J connectivity index is 0.00000242. The molecule has 0 atom stereocenters. The molecular weight excluding hydrogens is 393 g/mol. The highest BCUT2D eigenvalue weighted by atomic mass is 127. The second kappa shape index (κ2) is 9.29. The van der Waals surface area contributed by atoms with Gasteiger partial charge in [-0.25, -0.2) is 9.67 Å². The van der Waals surface area contributed by atoms with E-state index in [1.54, 1.807) is 11.8 Å². The molecule has 0 radical (unpaired) electrons. The fourth-order valence-corrected chi connectivity index (χ4v) is 1.80. The van der Waals surface area contributed by atoms with Crippen molar-refractivity contribution in [1.29, 1.82) is 0 Å². The Hall–Kier alpha value is -1.77. The van der Waals surface area contributed by atoms with Crippen LogP contribution in [0.5, 0.6) is 5.75 Å².